The van der Waals surface area contributed by atoms with Gasteiger partial charge in [-0.2, -0.15) is 0 Å². The number of rotatable bonds is 17. The van der Waals surface area contributed by atoms with Gasteiger partial charge in [0.1, 0.15) is 0 Å². The summed E-state index contributed by atoms with van der Waals surface area (Å²) in [5.41, 5.74) is 17.9. The van der Waals surface area contributed by atoms with Crippen molar-refractivity contribution in [3.05, 3.63) is 287 Å². The van der Waals surface area contributed by atoms with E-state index in [0.717, 1.165) is 17.9 Å². The van der Waals surface area contributed by atoms with E-state index in [-0.39, 0.29) is 29.8 Å². The molecule has 0 radical (unpaired) electrons. The molecule has 4 fully saturated rings. The Labute approximate surface area is 494 Å². The van der Waals surface area contributed by atoms with Crippen molar-refractivity contribution in [1.29, 1.82) is 0 Å². The summed E-state index contributed by atoms with van der Waals surface area (Å²) < 4.78 is 3.18. The first-order valence-electron chi connectivity index (χ1n) is 29.8. The molecule has 7 heteroatoms. The molecule has 8 aromatic carbocycles. The molecule has 2 nitrogen and oxygen atoms in total. The number of benzene rings is 8. The average molecular weight is 1230 g/mol. The van der Waals surface area contributed by atoms with Gasteiger partial charge in [-0.3, -0.25) is 9.53 Å². The van der Waals surface area contributed by atoms with Crippen molar-refractivity contribution < 1.29 is 0 Å². The van der Waals surface area contributed by atoms with Crippen LogP contribution in [0.1, 0.15) is 181 Å². The van der Waals surface area contributed by atoms with E-state index in [4.69, 9.17) is 0 Å². The lowest BCUT2D eigenvalue weighted by Crippen LogP contribution is -2.20. The van der Waals surface area contributed by atoms with Crippen LogP contribution in [0.5, 0.6) is 0 Å². The normalized spacial score (nSPS) is 23.5. The first-order chi connectivity index (χ1) is 39.1. The van der Waals surface area contributed by atoms with Crippen LogP contribution in [0.25, 0.3) is 0 Å². The van der Waals surface area contributed by atoms with Crippen LogP contribution < -0.4 is 5.09 Å². The van der Waals surface area contributed by atoms with Crippen molar-refractivity contribution >= 4 is 51.8 Å². The summed E-state index contributed by atoms with van der Waals surface area (Å²) in [4.78, 5) is 0. The van der Waals surface area contributed by atoms with E-state index in [1.807, 2.05) is 0 Å². The number of hydrogen-bond donors (Lipinski definition) is 1. The Morgan fingerprint density at radius 1 is 0.329 bits per heavy atom. The van der Waals surface area contributed by atoms with E-state index < -0.39 is 0 Å². The summed E-state index contributed by atoms with van der Waals surface area (Å²) in [5, 5.41) is 3.94. The molecule has 79 heavy (non-hydrogen) atoms. The van der Waals surface area contributed by atoms with Gasteiger partial charge in [-0.05, 0) is 145 Å². The van der Waals surface area contributed by atoms with Gasteiger partial charge in [0.2, 0.25) is 0 Å². The molecule has 0 spiro atoms. The average Bonchev–Trinajstić information content (AvgIpc) is 4.51. The predicted octanol–water partition coefficient (Wildman–Crippen LogP) is 23.6. The molecular weight excluding hydrogens is 1140 g/mol. The van der Waals surface area contributed by atoms with Crippen LogP contribution in [0.15, 0.2) is 243 Å². The van der Waals surface area contributed by atoms with E-state index in [2.05, 4.69) is 288 Å². The fourth-order valence-corrected chi connectivity index (χ4v) is 30.8. The quantitative estimate of drug-likeness (QED) is 0.0555. The topological polar surface area (TPSA) is 15.3 Å². The van der Waals surface area contributed by atoms with Crippen LogP contribution in [0.3, 0.4) is 0 Å². The maximum atomic E-state index is 3.94. The van der Waals surface area contributed by atoms with Crippen molar-refractivity contribution in [2.75, 3.05) is 13.1 Å². The van der Waals surface area contributed by atoms with Crippen molar-refractivity contribution in [3.63, 3.8) is 0 Å². The first-order valence-corrected chi connectivity index (χ1v) is 38.4. The monoisotopic (exact) mass is 1230 g/mol. The Balaban J connectivity index is 0.000000148. The lowest BCUT2D eigenvalue weighted by Gasteiger charge is -2.45. The van der Waals surface area contributed by atoms with Gasteiger partial charge in [0.15, 0.2) is 0 Å². The van der Waals surface area contributed by atoms with E-state index in [1.165, 1.54) is 106 Å². The molecule has 0 aromatic heterocycles. The number of nitrogens with one attached hydrogen (secondary N) is 1. The lowest BCUT2D eigenvalue weighted by atomic mass is 10.0. The fourth-order valence-electron chi connectivity index (χ4n) is 13.0. The summed E-state index contributed by atoms with van der Waals surface area (Å²) in [6, 6.07) is 90.5. The summed E-state index contributed by atoms with van der Waals surface area (Å²) in [6.45, 7) is 7.03. The Morgan fingerprint density at radius 3 is 0.823 bits per heavy atom. The van der Waals surface area contributed by atoms with E-state index in [9.17, 15) is 0 Å². The molecule has 1 N–H and O–H groups in total. The number of nitrogens with zero attached hydrogens (tertiary/aromatic N) is 1. The number of unbranched alkanes of at least 4 members (excludes halogenated alkanes) is 2. The van der Waals surface area contributed by atoms with Gasteiger partial charge in [-0.25, -0.2) is 0 Å². The molecule has 0 amide bonds. The standard InChI is InChI=1S/C36H41NP2.C20H26NP.C16H16IP/c1-2-3-28-37(38-33(29-16-8-4-9-17-29)24-25-34(38)30-18-10-5-11-19-30)39-35(31-20-12-6-13-21-31)26-27-36(39)32-22-14-7-15-23-32;1-2-3-16-21-22-19(17-10-6-4-7-11-17)14-15-20(22)18-12-8-5-9-13-18;17-18-15(13-7-3-1-4-8-13)11-12-16(18)14-9-5-2-6-10-14/h4-23,33-36H,2-3,24-28H2,1H3;4-13,19-21H,2-3,14-16H2,1H3;1-10,15-16H,11-12H2/t33-,34-,35-,36-;19-,20-;15-,16-/m111/s1. The fraction of sp³-hybridized carbons (Fsp3) is 0.333. The van der Waals surface area contributed by atoms with Crippen LogP contribution in [0, 0.1) is 0 Å². The van der Waals surface area contributed by atoms with Crippen LogP contribution in [-0.2, 0) is 0 Å². The molecule has 4 aliphatic heterocycles. The molecule has 8 atom stereocenters. The second-order valence-electron chi connectivity index (χ2n) is 21.9. The third kappa shape index (κ3) is 14.9. The van der Waals surface area contributed by atoms with Crippen molar-refractivity contribution in [2.45, 2.75) is 136 Å². The van der Waals surface area contributed by atoms with Crippen LogP contribution in [0.2, 0.25) is 0 Å². The zero-order valence-electron chi connectivity index (χ0n) is 46.7. The Bertz CT molecular complexity index is 2660. The van der Waals surface area contributed by atoms with Gasteiger partial charge in [0.25, 0.3) is 0 Å². The molecule has 4 aliphatic rings. The van der Waals surface area contributed by atoms with Crippen molar-refractivity contribution in [1.82, 2.24) is 9.53 Å². The van der Waals surface area contributed by atoms with Crippen LogP contribution in [-0.4, -0.2) is 17.5 Å². The van der Waals surface area contributed by atoms with E-state index in [0.29, 0.717) is 34.0 Å². The van der Waals surface area contributed by atoms with Crippen LogP contribution in [0.4, 0.5) is 0 Å². The maximum absolute atomic E-state index is 3.94. The minimum Gasteiger partial charge on any atom is -0.295 e. The zero-order chi connectivity index (χ0) is 54.0. The van der Waals surface area contributed by atoms with Gasteiger partial charge in [0.05, 0.1) is 0 Å². The lowest BCUT2D eigenvalue weighted by molar-refractivity contribution is 0.618. The summed E-state index contributed by atoms with van der Waals surface area (Å²) in [5.74, 6) is 0. The second-order valence-corrected chi connectivity index (χ2v) is 34.9. The van der Waals surface area contributed by atoms with Crippen LogP contribution >= 0.6 is 51.8 Å². The molecular formula is C72H83IN2P4. The van der Waals surface area contributed by atoms with Gasteiger partial charge in [0, 0.05) is 51.8 Å². The van der Waals surface area contributed by atoms with Crippen molar-refractivity contribution in [3.8, 4) is 0 Å². The molecule has 12 rings (SSSR count). The van der Waals surface area contributed by atoms with Gasteiger partial charge < -0.3 is 0 Å². The summed E-state index contributed by atoms with van der Waals surface area (Å²) in [6.07, 6.45) is 15.6. The zero-order valence-corrected chi connectivity index (χ0v) is 52.5. The molecule has 0 saturated carbocycles. The Hall–Kier alpha value is -3.87. The summed E-state index contributed by atoms with van der Waals surface area (Å²) in [7, 11) is -0.951. The van der Waals surface area contributed by atoms with Gasteiger partial charge >= 0.3 is 0 Å². The minimum absolute atomic E-state index is 0.0256. The highest BCUT2D eigenvalue weighted by Crippen LogP contribution is 2.84. The highest BCUT2D eigenvalue weighted by atomic mass is 127. The SMILES string of the molecule is CCCCN(P1[C@@H](c2ccccc2)CC[C@@H]1c1ccccc1)P1[C@@H](c2ccccc2)CC[C@@H]1c1ccccc1.CCCCNP1[C@@H](c2ccccc2)CC[C@@H]1c1ccccc1.IP1[C@@H](c2ccccc2)CC[C@@H]1c1ccccc1. The Kier molecular flexibility index (Phi) is 22.5. The minimum atomic E-state index is -0.382. The van der Waals surface area contributed by atoms with Gasteiger partial charge in [-0.1, -0.05) is 291 Å². The molecule has 0 unspecified atom stereocenters. The third-order valence-corrected chi connectivity index (χ3v) is 33.8. The molecule has 4 saturated heterocycles. The van der Waals surface area contributed by atoms with Gasteiger partial charge in [-0.15, -0.1) is 0 Å². The second kappa shape index (κ2) is 30.4. The largest absolute Gasteiger partial charge is 0.295 e. The highest BCUT2D eigenvalue weighted by molar-refractivity contribution is 14.2. The predicted molar refractivity (Wildman–Crippen MR) is 357 cm³/mol. The maximum Gasteiger partial charge on any atom is 0.0183 e. The summed E-state index contributed by atoms with van der Waals surface area (Å²) >= 11 is 2.73. The van der Waals surface area contributed by atoms with E-state index >= 15 is 0 Å². The van der Waals surface area contributed by atoms with Crippen molar-refractivity contribution in [2.24, 2.45) is 0 Å². The first kappa shape index (κ1) is 58.3. The smallest absolute Gasteiger partial charge is 0.0183 e. The molecule has 408 valence electrons. The number of hydrogen-bond acceptors (Lipinski definition) is 2. The molecule has 0 bridgehead atoms. The Morgan fingerprint density at radius 2 is 0.557 bits per heavy atom. The van der Waals surface area contributed by atoms with E-state index in [1.54, 1.807) is 22.3 Å². The number of halogens is 1. The highest BCUT2D eigenvalue weighted by Gasteiger charge is 2.49. The molecule has 8 aromatic rings. The molecule has 4 heterocycles. The third-order valence-electron chi connectivity index (χ3n) is 16.9. The molecule has 0 aliphatic carbocycles.